The van der Waals surface area contributed by atoms with Crippen LogP contribution in [0.4, 0.5) is 5.13 Å². The number of carbonyl (C=O) groups excluding carboxylic acids is 1. The topological polar surface area (TPSA) is 97.6 Å². The van der Waals surface area contributed by atoms with Gasteiger partial charge in [0.05, 0.1) is 11.9 Å². The first-order chi connectivity index (χ1) is 10.2. The van der Waals surface area contributed by atoms with Crippen LogP contribution in [0.2, 0.25) is 0 Å². The summed E-state index contributed by atoms with van der Waals surface area (Å²) in [5.74, 6) is 0.774. The SMILES string of the molecule is CCCSc1nsc(NC(=O)Cn2cc(CNC)nn2)n1. The number of hydrogen-bond donors (Lipinski definition) is 2. The van der Waals surface area contributed by atoms with Gasteiger partial charge in [0.15, 0.2) is 0 Å². The number of nitrogens with one attached hydrogen (secondary N) is 2. The van der Waals surface area contributed by atoms with Crippen LogP contribution in [0.3, 0.4) is 0 Å². The van der Waals surface area contributed by atoms with E-state index in [1.807, 2.05) is 7.05 Å². The number of carbonyl (C=O) groups is 1. The summed E-state index contributed by atoms with van der Waals surface area (Å²) in [5, 5.41) is 14.7. The van der Waals surface area contributed by atoms with Crippen molar-refractivity contribution in [1.29, 1.82) is 0 Å². The number of aromatic nitrogens is 5. The maximum atomic E-state index is 11.9. The number of nitrogens with zero attached hydrogens (tertiary/aromatic N) is 5. The fourth-order valence-corrected chi connectivity index (χ4v) is 2.91. The number of anilines is 1. The van der Waals surface area contributed by atoms with Gasteiger partial charge in [0.2, 0.25) is 16.2 Å². The average molecular weight is 327 g/mol. The van der Waals surface area contributed by atoms with Crippen molar-refractivity contribution in [3.63, 3.8) is 0 Å². The summed E-state index contributed by atoms with van der Waals surface area (Å²) < 4.78 is 5.67. The van der Waals surface area contributed by atoms with E-state index in [0.29, 0.717) is 16.8 Å². The molecule has 10 heteroatoms. The largest absolute Gasteiger partial charge is 0.314 e. The summed E-state index contributed by atoms with van der Waals surface area (Å²) in [6, 6.07) is 0. The van der Waals surface area contributed by atoms with Crippen molar-refractivity contribution in [3.8, 4) is 0 Å². The van der Waals surface area contributed by atoms with Crippen LogP contribution in [-0.4, -0.2) is 43.1 Å². The number of thioether (sulfide) groups is 1. The van der Waals surface area contributed by atoms with E-state index in [-0.39, 0.29) is 12.5 Å². The minimum absolute atomic E-state index is 0.105. The molecule has 0 aromatic carbocycles. The lowest BCUT2D eigenvalue weighted by Crippen LogP contribution is -2.19. The van der Waals surface area contributed by atoms with E-state index in [1.54, 1.807) is 18.0 Å². The lowest BCUT2D eigenvalue weighted by molar-refractivity contribution is -0.116. The third-order valence-electron chi connectivity index (χ3n) is 2.34. The molecule has 0 aliphatic heterocycles. The molecule has 0 aliphatic rings. The first-order valence-corrected chi connectivity index (χ1v) is 8.27. The van der Waals surface area contributed by atoms with Crippen molar-refractivity contribution in [2.45, 2.75) is 31.6 Å². The van der Waals surface area contributed by atoms with E-state index in [1.165, 1.54) is 16.2 Å². The minimum atomic E-state index is -0.195. The molecule has 2 aromatic rings. The Bertz CT molecular complexity index is 583. The fourth-order valence-electron chi connectivity index (χ4n) is 1.50. The van der Waals surface area contributed by atoms with Gasteiger partial charge in [0.25, 0.3) is 0 Å². The van der Waals surface area contributed by atoms with Crippen molar-refractivity contribution in [3.05, 3.63) is 11.9 Å². The third-order valence-corrected chi connectivity index (χ3v) is 4.14. The van der Waals surface area contributed by atoms with E-state index in [0.717, 1.165) is 17.9 Å². The van der Waals surface area contributed by atoms with Crippen LogP contribution in [0, 0.1) is 0 Å². The molecular weight excluding hydrogens is 310 g/mol. The highest BCUT2D eigenvalue weighted by atomic mass is 32.2. The van der Waals surface area contributed by atoms with Gasteiger partial charge in [-0.05, 0) is 13.5 Å². The first kappa shape index (κ1) is 15.9. The zero-order valence-corrected chi connectivity index (χ0v) is 13.5. The lowest BCUT2D eigenvalue weighted by Gasteiger charge is -2.00. The second kappa shape index (κ2) is 8.05. The summed E-state index contributed by atoms with van der Waals surface area (Å²) in [5.41, 5.74) is 0.791. The Hall–Kier alpha value is -1.52. The van der Waals surface area contributed by atoms with Gasteiger partial charge in [-0.15, -0.1) is 5.10 Å². The molecule has 0 atom stereocenters. The molecule has 0 unspecified atom stereocenters. The molecule has 0 saturated heterocycles. The highest BCUT2D eigenvalue weighted by molar-refractivity contribution is 7.99. The zero-order valence-electron chi connectivity index (χ0n) is 11.9. The average Bonchev–Trinajstić information content (AvgIpc) is 3.07. The van der Waals surface area contributed by atoms with Gasteiger partial charge in [-0.2, -0.15) is 9.36 Å². The molecule has 2 rings (SSSR count). The van der Waals surface area contributed by atoms with Crippen molar-refractivity contribution < 1.29 is 4.79 Å². The van der Waals surface area contributed by atoms with E-state index >= 15 is 0 Å². The Morgan fingerprint density at radius 3 is 3.14 bits per heavy atom. The van der Waals surface area contributed by atoms with Crippen molar-refractivity contribution in [1.82, 2.24) is 29.7 Å². The zero-order chi connectivity index (χ0) is 15.1. The molecule has 0 spiro atoms. The molecule has 114 valence electrons. The smallest absolute Gasteiger partial charge is 0.247 e. The van der Waals surface area contributed by atoms with Gasteiger partial charge in [-0.25, -0.2) is 4.68 Å². The van der Waals surface area contributed by atoms with Gasteiger partial charge in [0.1, 0.15) is 6.54 Å². The van der Waals surface area contributed by atoms with Gasteiger partial charge in [0, 0.05) is 23.8 Å². The Balaban J connectivity index is 1.84. The van der Waals surface area contributed by atoms with Crippen molar-refractivity contribution in [2.75, 3.05) is 18.1 Å². The number of amides is 1. The van der Waals surface area contributed by atoms with Crippen LogP contribution in [0.25, 0.3) is 0 Å². The highest BCUT2D eigenvalue weighted by Gasteiger charge is 2.10. The molecule has 8 nitrogen and oxygen atoms in total. The number of hydrogen-bond acceptors (Lipinski definition) is 8. The van der Waals surface area contributed by atoms with Crippen LogP contribution in [0.5, 0.6) is 0 Å². The van der Waals surface area contributed by atoms with E-state index < -0.39 is 0 Å². The molecule has 0 bridgehead atoms. The molecule has 0 radical (unpaired) electrons. The maximum Gasteiger partial charge on any atom is 0.247 e. The maximum absolute atomic E-state index is 11.9. The predicted molar refractivity (Wildman–Crippen MR) is 82.3 cm³/mol. The van der Waals surface area contributed by atoms with Gasteiger partial charge < -0.3 is 5.32 Å². The molecule has 2 N–H and O–H groups in total. The Labute approximate surface area is 130 Å². The summed E-state index contributed by atoms with van der Waals surface area (Å²) in [6.07, 6.45) is 2.80. The molecule has 0 saturated carbocycles. The molecule has 1 amide bonds. The van der Waals surface area contributed by atoms with Gasteiger partial charge >= 0.3 is 0 Å². The van der Waals surface area contributed by atoms with Crippen molar-refractivity contribution >= 4 is 34.3 Å². The molecule has 0 aliphatic carbocycles. The van der Waals surface area contributed by atoms with E-state index in [4.69, 9.17) is 0 Å². The second-order valence-corrected chi connectivity index (χ2v) is 6.03. The summed E-state index contributed by atoms with van der Waals surface area (Å²) in [4.78, 5) is 16.1. The third kappa shape index (κ3) is 5.06. The highest BCUT2D eigenvalue weighted by Crippen LogP contribution is 2.20. The molecule has 0 fully saturated rings. The number of rotatable bonds is 8. The van der Waals surface area contributed by atoms with Gasteiger partial charge in [-0.1, -0.05) is 23.9 Å². The first-order valence-electron chi connectivity index (χ1n) is 6.51. The molecule has 2 aromatic heterocycles. The van der Waals surface area contributed by atoms with Crippen LogP contribution in [-0.2, 0) is 17.9 Å². The van der Waals surface area contributed by atoms with Crippen LogP contribution >= 0.6 is 23.3 Å². The Morgan fingerprint density at radius 1 is 1.52 bits per heavy atom. The predicted octanol–water partition coefficient (Wildman–Crippen LogP) is 0.990. The van der Waals surface area contributed by atoms with E-state index in [9.17, 15) is 4.79 Å². The second-order valence-electron chi connectivity index (χ2n) is 4.22. The van der Waals surface area contributed by atoms with Crippen molar-refractivity contribution in [2.24, 2.45) is 0 Å². The minimum Gasteiger partial charge on any atom is -0.314 e. The summed E-state index contributed by atoms with van der Waals surface area (Å²) >= 11 is 2.77. The summed E-state index contributed by atoms with van der Waals surface area (Å²) in [6.45, 7) is 2.83. The molecular formula is C11H17N7OS2. The fraction of sp³-hybridized carbons (Fsp3) is 0.545. The monoisotopic (exact) mass is 327 g/mol. The van der Waals surface area contributed by atoms with E-state index in [2.05, 4.69) is 37.2 Å². The van der Waals surface area contributed by atoms with Crippen LogP contribution in [0.1, 0.15) is 19.0 Å². The lowest BCUT2D eigenvalue weighted by atomic mass is 10.5. The van der Waals surface area contributed by atoms with Gasteiger partial charge in [-0.3, -0.25) is 10.1 Å². The molecule has 21 heavy (non-hydrogen) atoms. The van der Waals surface area contributed by atoms with Crippen LogP contribution in [0.15, 0.2) is 11.4 Å². The Kier molecular flexibility index (Phi) is 6.08. The summed E-state index contributed by atoms with van der Waals surface area (Å²) in [7, 11) is 1.83. The van der Waals surface area contributed by atoms with Crippen LogP contribution < -0.4 is 10.6 Å². The quantitative estimate of drug-likeness (QED) is 0.698. The Morgan fingerprint density at radius 2 is 2.38 bits per heavy atom. The molecule has 2 heterocycles. The standard InChI is InChI=1S/C11H17N7OS2/c1-3-4-20-11-14-10(21-16-11)13-9(19)7-18-6-8(5-12-2)15-17-18/h6,12H,3-5,7H2,1-2H3,(H,13,14,16,19). The normalized spacial score (nSPS) is 10.8.